The van der Waals surface area contributed by atoms with Crippen molar-refractivity contribution in [3.05, 3.63) is 56.5 Å². The Kier molecular flexibility index (Phi) is 4.43. The fraction of sp³-hybridized carbons (Fsp3) is 0.267. The van der Waals surface area contributed by atoms with Crippen LogP contribution in [0.4, 0.5) is 5.69 Å². The van der Waals surface area contributed by atoms with E-state index in [1.165, 1.54) is 6.07 Å². The molecule has 0 saturated heterocycles. The first-order valence-corrected chi connectivity index (χ1v) is 6.86. The van der Waals surface area contributed by atoms with Crippen LogP contribution < -0.4 is 10.9 Å². The van der Waals surface area contributed by atoms with E-state index in [1.54, 1.807) is 19.9 Å². The molecule has 1 heterocycles. The summed E-state index contributed by atoms with van der Waals surface area (Å²) in [5.41, 5.74) is 2.64. The lowest BCUT2D eigenvalue weighted by atomic mass is 10.2. The molecule has 0 aliphatic carbocycles. The van der Waals surface area contributed by atoms with Crippen molar-refractivity contribution in [2.24, 2.45) is 0 Å². The molecule has 0 bridgehead atoms. The Morgan fingerprint density at radius 1 is 1.29 bits per heavy atom. The molecule has 5 nitrogen and oxygen atoms in total. The first kappa shape index (κ1) is 15.3. The van der Waals surface area contributed by atoms with Gasteiger partial charge in [0.05, 0.1) is 16.4 Å². The van der Waals surface area contributed by atoms with Crippen LogP contribution >= 0.6 is 11.6 Å². The summed E-state index contributed by atoms with van der Waals surface area (Å²) in [6, 6.07) is 6.83. The first-order chi connectivity index (χ1) is 9.88. The number of carbonyl (C=O) groups excluding carboxylic acids is 1. The van der Waals surface area contributed by atoms with E-state index in [4.69, 9.17) is 11.6 Å². The van der Waals surface area contributed by atoms with E-state index in [0.29, 0.717) is 10.7 Å². The normalized spacial score (nSPS) is 10.5. The monoisotopic (exact) mass is 305 g/mol. The Balaban J connectivity index is 2.20. The molecule has 0 aliphatic heterocycles. The third-order valence-corrected chi connectivity index (χ3v) is 3.53. The van der Waals surface area contributed by atoms with Crippen LogP contribution in [0.15, 0.2) is 29.1 Å². The predicted molar refractivity (Wildman–Crippen MR) is 82.8 cm³/mol. The van der Waals surface area contributed by atoms with Gasteiger partial charge in [0, 0.05) is 6.07 Å². The number of amides is 1. The van der Waals surface area contributed by atoms with Crippen LogP contribution in [0.1, 0.15) is 16.8 Å². The third-order valence-electron chi connectivity index (χ3n) is 3.22. The number of halogens is 1. The average Bonchev–Trinajstić information content (AvgIpc) is 2.40. The summed E-state index contributed by atoms with van der Waals surface area (Å²) in [6.07, 6.45) is 0. The lowest BCUT2D eigenvalue weighted by molar-refractivity contribution is -0.117. The molecule has 2 rings (SSSR count). The second-order valence-corrected chi connectivity index (χ2v) is 5.30. The minimum atomic E-state index is -0.343. The van der Waals surface area contributed by atoms with Gasteiger partial charge in [0.1, 0.15) is 6.54 Å². The lowest BCUT2D eigenvalue weighted by Gasteiger charge is -2.11. The van der Waals surface area contributed by atoms with Crippen molar-refractivity contribution in [1.82, 2.24) is 9.78 Å². The van der Waals surface area contributed by atoms with E-state index in [2.05, 4.69) is 10.4 Å². The highest BCUT2D eigenvalue weighted by Gasteiger charge is 2.11. The number of nitrogens with zero attached hydrogens (tertiary/aromatic N) is 2. The Morgan fingerprint density at radius 2 is 2.00 bits per heavy atom. The van der Waals surface area contributed by atoms with Crippen molar-refractivity contribution >= 4 is 23.2 Å². The van der Waals surface area contributed by atoms with Crippen LogP contribution in [0, 0.1) is 20.8 Å². The van der Waals surface area contributed by atoms with Crippen LogP contribution in [-0.4, -0.2) is 15.7 Å². The number of rotatable bonds is 3. The molecule has 0 atom stereocenters. The van der Waals surface area contributed by atoms with Crippen LogP contribution in [0.25, 0.3) is 0 Å². The number of carbonyl (C=O) groups is 1. The van der Waals surface area contributed by atoms with Crippen molar-refractivity contribution in [2.45, 2.75) is 27.3 Å². The van der Waals surface area contributed by atoms with E-state index < -0.39 is 0 Å². The zero-order valence-electron chi connectivity index (χ0n) is 12.1. The quantitative estimate of drug-likeness (QED) is 0.947. The minimum Gasteiger partial charge on any atom is -0.323 e. The number of anilines is 1. The minimum absolute atomic E-state index is 0.148. The zero-order valence-corrected chi connectivity index (χ0v) is 12.9. The summed E-state index contributed by atoms with van der Waals surface area (Å²) < 4.78 is 1.14. The Hall–Kier alpha value is -2.14. The molecule has 0 radical (unpaired) electrons. The number of aromatic nitrogens is 2. The Morgan fingerprint density at radius 3 is 2.67 bits per heavy atom. The fourth-order valence-electron chi connectivity index (χ4n) is 1.89. The van der Waals surface area contributed by atoms with Gasteiger partial charge in [-0.3, -0.25) is 9.59 Å². The van der Waals surface area contributed by atoms with Crippen molar-refractivity contribution in [1.29, 1.82) is 0 Å². The molecule has 21 heavy (non-hydrogen) atoms. The zero-order chi connectivity index (χ0) is 15.6. The Labute approximate surface area is 127 Å². The highest BCUT2D eigenvalue weighted by atomic mass is 35.5. The van der Waals surface area contributed by atoms with Gasteiger partial charge < -0.3 is 5.32 Å². The van der Waals surface area contributed by atoms with Crippen molar-refractivity contribution < 1.29 is 4.79 Å². The van der Waals surface area contributed by atoms with E-state index >= 15 is 0 Å². The molecule has 1 aromatic heterocycles. The van der Waals surface area contributed by atoms with E-state index in [0.717, 1.165) is 21.5 Å². The molecular formula is C15H16ClN3O2. The van der Waals surface area contributed by atoms with Gasteiger partial charge in [0.2, 0.25) is 5.91 Å². The molecule has 110 valence electrons. The van der Waals surface area contributed by atoms with Crippen LogP contribution in [0.5, 0.6) is 0 Å². The molecule has 1 aromatic carbocycles. The molecule has 0 spiro atoms. The van der Waals surface area contributed by atoms with Crippen molar-refractivity contribution in [2.75, 3.05) is 5.32 Å². The highest BCUT2D eigenvalue weighted by Crippen LogP contribution is 2.25. The third kappa shape index (κ3) is 3.49. The number of aryl methyl sites for hydroxylation is 3. The van der Waals surface area contributed by atoms with Crippen LogP contribution in [0.2, 0.25) is 5.02 Å². The van der Waals surface area contributed by atoms with Crippen molar-refractivity contribution in [3.63, 3.8) is 0 Å². The summed E-state index contributed by atoms with van der Waals surface area (Å²) in [5.74, 6) is -0.343. The van der Waals surface area contributed by atoms with Crippen molar-refractivity contribution in [3.8, 4) is 0 Å². The molecule has 6 heteroatoms. The van der Waals surface area contributed by atoms with Gasteiger partial charge in [-0.05, 0) is 38.0 Å². The molecule has 0 aliphatic rings. The van der Waals surface area contributed by atoms with Crippen LogP contribution in [-0.2, 0) is 11.3 Å². The summed E-state index contributed by atoms with van der Waals surface area (Å²) >= 11 is 6.05. The second kappa shape index (κ2) is 6.10. The lowest BCUT2D eigenvalue weighted by Crippen LogP contribution is -2.30. The van der Waals surface area contributed by atoms with E-state index in [9.17, 15) is 9.59 Å². The second-order valence-electron chi connectivity index (χ2n) is 4.89. The number of nitrogens with one attached hydrogen (secondary N) is 1. The summed E-state index contributed by atoms with van der Waals surface area (Å²) in [6.45, 7) is 5.30. The molecule has 2 aromatic rings. The number of hydrogen-bond acceptors (Lipinski definition) is 3. The smallest absolute Gasteiger partial charge is 0.267 e. The SMILES string of the molecule is Cc1cc(=O)n(CC(=O)Nc2c(C)cccc2Cl)nc1C. The molecule has 1 N–H and O–H groups in total. The fourth-order valence-corrected chi connectivity index (χ4v) is 2.16. The Bertz CT molecular complexity index is 733. The topological polar surface area (TPSA) is 64.0 Å². The van der Waals surface area contributed by atoms with Gasteiger partial charge in [0.15, 0.2) is 0 Å². The maximum atomic E-state index is 12.1. The summed E-state index contributed by atoms with van der Waals surface area (Å²) in [7, 11) is 0. The van der Waals surface area contributed by atoms with Gasteiger partial charge in [-0.2, -0.15) is 5.10 Å². The maximum absolute atomic E-state index is 12.1. The van der Waals surface area contributed by atoms with Gasteiger partial charge in [-0.25, -0.2) is 4.68 Å². The average molecular weight is 306 g/mol. The standard InChI is InChI=1S/C15H16ClN3O2/c1-9-5-4-6-12(16)15(9)17-13(20)8-19-14(21)7-10(2)11(3)18-19/h4-7H,8H2,1-3H3,(H,17,20). The molecule has 0 fully saturated rings. The number of hydrogen-bond donors (Lipinski definition) is 1. The van der Waals surface area contributed by atoms with Gasteiger partial charge >= 0.3 is 0 Å². The summed E-state index contributed by atoms with van der Waals surface area (Å²) in [5, 5.41) is 7.29. The largest absolute Gasteiger partial charge is 0.323 e. The molecule has 0 saturated carbocycles. The van der Waals surface area contributed by atoms with Gasteiger partial charge in [-0.15, -0.1) is 0 Å². The first-order valence-electron chi connectivity index (χ1n) is 6.49. The van der Waals surface area contributed by atoms with E-state index in [-0.39, 0.29) is 18.0 Å². The number of benzene rings is 1. The predicted octanol–water partition coefficient (Wildman–Crippen LogP) is 2.46. The molecule has 1 amide bonds. The molecular weight excluding hydrogens is 290 g/mol. The van der Waals surface area contributed by atoms with E-state index in [1.807, 2.05) is 19.1 Å². The van der Waals surface area contributed by atoms with Crippen LogP contribution in [0.3, 0.4) is 0 Å². The molecule has 0 unspecified atom stereocenters. The van der Waals surface area contributed by atoms with Gasteiger partial charge in [0.25, 0.3) is 5.56 Å². The summed E-state index contributed by atoms with van der Waals surface area (Å²) in [4.78, 5) is 23.9. The van der Waals surface area contributed by atoms with Gasteiger partial charge in [-0.1, -0.05) is 23.7 Å². The highest BCUT2D eigenvalue weighted by molar-refractivity contribution is 6.33. The number of para-hydroxylation sites is 1. The maximum Gasteiger partial charge on any atom is 0.267 e.